The van der Waals surface area contributed by atoms with Crippen molar-refractivity contribution in [3.8, 4) is 11.5 Å². The first-order valence-electron chi connectivity index (χ1n) is 7.57. The zero-order valence-electron chi connectivity index (χ0n) is 13.6. The molecule has 1 aliphatic heterocycles. The molecule has 122 valence electrons. The number of hydrogen-bond acceptors (Lipinski definition) is 4. The van der Waals surface area contributed by atoms with Crippen LogP contribution in [0.5, 0.6) is 11.5 Å². The molecule has 0 spiro atoms. The van der Waals surface area contributed by atoms with Gasteiger partial charge in [0.2, 0.25) is 0 Å². The van der Waals surface area contributed by atoms with E-state index in [1.165, 1.54) is 5.57 Å². The van der Waals surface area contributed by atoms with Crippen LogP contribution in [0.4, 0.5) is 0 Å². The molecule has 1 heterocycles. The van der Waals surface area contributed by atoms with Gasteiger partial charge in [-0.1, -0.05) is 5.57 Å². The number of ether oxygens (including phenoxy) is 2. The summed E-state index contributed by atoms with van der Waals surface area (Å²) in [6.45, 7) is 10.3. The van der Waals surface area contributed by atoms with E-state index in [0.29, 0.717) is 0 Å². The maximum atomic E-state index is 5.62. The minimum absolute atomic E-state index is 0.261. The van der Waals surface area contributed by atoms with Gasteiger partial charge in [-0.05, 0) is 41.4 Å². The maximum absolute atomic E-state index is 5.62. The second-order valence-corrected chi connectivity index (χ2v) is 6.55. The predicted octanol–water partition coefficient (Wildman–Crippen LogP) is 3.38. The molecule has 0 aliphatic carbocycles. The van der Waals surface area contributed by atoms with Crippen LogP contribution in [0.3, 0.4) is 0 Å². The average molecular weight is 369 g/mol. The highest BCUT2D eigenvalue weighted by Gasteiger charge is 2.26. The summed E-state index contributed by atoms with van der Waals surface area (Å²) < 4.78 is 12.0. The number of nitrogens with zero attached hydrogens (tertiary/aromatic N) is 1. The third kappa shape index (κ3) is 4.03. The van der Waals surface area contributed by atoms with Gasteiger partial charge in [0, 0.05) is 37.8 Å². The predicted molar refractivity (Wildman–Crippen MR) is 93.9 cm³/mol. The van der Waals surface area contributed by atoms with Crippen LogP contribution in [0.15, 0.2) is 28.8 Å². The van der Waals surface area contributed by atoms with Crippen LogP contribution in [0.2, 0.25) is 0 Å². The molecule has 1 atom stereocenters. The third-order valence-corrected chi connectivity index (χ3v) is 4.62. The fraction of sp³-hybridized carbons (Fsp3) is 0.529. The molecule has 0 saturated carbocycles. The maximum Gasteiger partial charge on any atom is 0.133 e. The number of nitrogens with one attached hydrogen (secondary N) is 1. The number of halogens is 1. The Hall–Kier alpha value is -1.04. The van der Waals surface area contributed by atoms with Crippen LogP contribution in [0.25, 0.3) is 0 Å². The molecule has 22 heavy (non-hydrogen) atoms. The Bertz CT molecular complexity index is 528. The third-order valence-electron chi connectivity index (χ3n) is 4.00. The average Bonchev–Trinajstić information content (AvgIpc) is 2.53. The summed E-state index contributed by atoms with van der Waals surface area (Å²) in [7, 11) is 3.41. The molecule has 2 rings (SSSR count). The number of hydrogen-bond donors (Lipinski definition) is 1. The Balaban J connectivity index is 2.42. The highest BCUT2D eigenvalue weighted by molar-refractivity contribution is 9.10. The SMILES string of the molecule is C=C(C)C[C@H](c1cc(OC)c(Br)cc1OC)N1CCNCC1. The molecule has 1 saturated heterocycles. The normalized spacial score (nSPS) is 17.1. The standard InChI is InChI=1S/C17H25BrN2O2/c1-12(2)9-15(20-7-5-19-6-8-20)13-10-17(22-4)14(18)11-16(13)21-3/h10-11,15,19H,1,5-9H2,2-4H3/t15-/m1/s1. The van der Waals surface area contributed by atoms with Gasteiger partial charge in [0.1, 0.15) is 11.5 Å². The molecule has 0 radical (unpaired) electrons. The number of methoxy groups -OCH3 is 2. The van der Waals surface area contributed by atoms with Crippen molar-refractivity contribution in [2.75, 3.05) is 40.4 Å². The lowest BCUT2D eigenvalue weighted by Crippen LogP contribution is -2.45. The highest BCUT2D eigenvalue weighted by atomic mass is 79.9. The summed E-state index contributed by atoms with van der Waals surface area (Å²) in [6.07, 6.45) is 0.918. The highest BCUT2D eigenvalue weighted by Crippen LogP contribution is 2.40. The van der Waals surface area contributed by atoms with E-state index in [-0.39, 0.29) is 6.04 Å². The Labute approximate surface area is 141 Å². The summed E-state index contributed by atoms with van der Waals surface area (Å²) in [4.78, 5) is 2.50. The van der Waals surface area contributed by atoms with Crippen LogP contribution in [-0.4, -0.2) is 45.3 Å². The van der Waals surface area contributed by atoms with Crippen LogP contribution in [-0.2, 0) is 0 Å². The van der Waals surface area contributed by atoms with Crippen LogP contribution >= 0.6 is 15.9 Å². The van der Waals surface area contributed by atoms with Crippen molar-refractivity contribution in [1.82, 2.24) is 10.2 Å². The number of rotatable bonds is 6. The van der Waals surface area contributed by atoms with E-state index in [2.05, 4.69) is 45.7 Å². The molecular weight excluding hydrogens is 344 g/mol. The minimum Gasteiger partial charge on any atom is -0.496 e. The van der Waals surface area contributed by atoms with Gasteiger partial charge < -0.3 is 14.8 Å². The largest absolute Gasteiger partial charge is 0.496 e. The lowest BCUT2D eigenvalue weighted by atomic mass is 9.96. The van der Waals surface area contributed by atoms with Gasteiger partial charge in [-0.15, -0.1) is 6.58 Å². The Morgan fingerprint density at radius 3 is 2.45 bits per heavy atom. The summed E-state index contributed by atoms with van der Waals surface area (Å²) in [5, 5.41) is 3.41. The first-order valence-corrected chi connectivity index (χ1v) is 8.36. The van der Waals surface area contributed by atoms with E-state index in [0.717, 1.165) is 54.1 Å². The lowest BCUT2D eigenvalue weighted by molar-refractivity contribution is 0.169. The van der Waals surface area contributed by atoms with Crippen LogP contribution in [0, 0.1) is 0 Å². The quantitative estimate of drug-likeness (QED) is 0.780. The summed E-state index contributed by atoms with van der Waals surface area (Å²) >= 11 is 3.53. The molecule has 0 amide bonds. The fourth-order valence-corrected chi connectivity index (χ4v) is 3.39. The van der Waals surface area contributed by atoms with E-state index < -0.39 is 0 Å². The topological polar surface area (TPSA) is 33.7 Å². The molecule has 0 bridgehead atoms. The Morgan fingerprint density at radius 2 is 1.91 bits per heavy atom. The molecule has 1 aromatic carbocycles. The van der Waals surface area contributed by atoms with Crippen molar-refractivity contribution in [3.05, 3.63) is 34.3 Å². The van der Waals surface area contributed by atoms with Gasteiger partial charge in [0.15, 0.2) is 0 Å². The number of benzene rings is 1. The van der Waals surface area contributed by atoms with Crippen molar-refractivity contribution in [2.45, 2.75) is 19.4 Å². The van der Waals surface area contributed by atoms with Crippen molar-refractivity contribution >= 4 is 15.9 Å². The van der Waals surface area contributed by atoms with Crippen molar-refractivity contribution in [3.63, 3.8) is 0 Å². The van der Waals surface area contributed by atoms with Gasteiger partial charge in [-0.2, -0.15) is 0 Å². The van der Waals surface area contributed by atoms with E-state index >= 15 is 0 Å². The van der Waals surface area contributed by atoms with E-state index in [9.17, 15) is 0 Å². The van der Waals surface area contributed by atoms with Gasteiger partial charge >= 0.3 is 0 Å². The van der Waals surface area contributed by atoms with Crippen molar-refractivity contribution < 1.29 is 9.47 Å². The molecule has 0 aromatic heterocycles. The van der Waals surface area contributed by atoms with Crippen LogP contribution < -0.4 is 14.8 Å². The smallest absolute Gasteiger partial charge is 0.133 e. The van der Waals surface area contributed by atoms with Gasteiger partial charge in [-0.25, -0.2) is 0 Å². The Kier molecular flexibility index (Phi) is 6.29. The fourth-order valence-electron chi connectivity index (χ4n) is 2.90. The molecular formula is C17H25BrN2O2. The zero-order valence-corrected chi connectivity index (χ0v) is 15.2. The molecule has 4 nitrogen and oxygen atoms in total. The molecule has 0 unspecified atom stereocenters. The van der Waals surface area contributed by atoms with Crippen molar-refractivity contribution in [2.24, 2.45) is 0 Å². The van der Waals surface area contributed by atoms with Gasteiger partial charge in [0.25, 0.3) is 0 Å². The Morgan fingerprint density at radius 1 is 1.27 bits per heavy atom. The van der Waals surface area contributed by atoms with Gasteiger partial charge in [0.05, 0.1) is 18.7 Å². The second kappa shape index (κ2) is 7.99. The molecule has 5 heteroatoms. The molecule has 1 aliphatic rings. The van der Waals surface area contributed by atoms with E-state index in [1.807, 2.05) is 6.07 Å². The van der Waals surface area contributed by atoms with Crippen molar-refractivity contribution in [1.29, 1.82) is 0 Å². The lowest BCUT2D eigenvalue weighted by Gasteiger charge is -2.36. The summed E-state index contributed by atoms with van der Waals surface area (Å²) in [6, 6.07) is 4.33. The molecule has 1 fully saturated rings. The molecule has 1 N–H and O–H groups in total. The zero-order chi connectivity index (χ0) is 16.1. The van der Waals surface area contributed by atoms with Crippen LogP contribution in [0.1, 0.15) is 24.9 Å². The van der Waals surface area contributed by atoms with Gasteiger partial charge in [-0.3, -0.25) is 4.90 Å². The number of piperazine rings is 1. The molecule has 1 aromatic rings. The minimum atomic E-state index is 0.261. The second-order valence-electron chi connectivity index (χ2n) is 5.69. The monoisotopic (exact) mass is 368 g/mol. The van der Waals surface area contributed by atoms with E-state index in [1.54, 1.807) is 14.2 Å². The van der Waals surface area contributed by atoms with E-state index in [4.69, 9.17) is 9.47 Å². The first-order chi connectivity index (χ1) is 10.6. The first kappa shape index (κ1) is 17.3. The summed E-state index contributed by atoms with van der Waals surface area (Å²) in [5.74, 6) is 1.72. The summed E-state index contributed by atoms with van der Waals surface area (Å²) in [5.41, 5.74) is 2.33.